The maximum atomic E-state index is 11.2. The molecule has 122 valence electrons. The smallest absolute Gasteiger partial charge is 0.407 e. The van der Waals surface area contributed by atoms with Gasteiger partial charge in [0, 0.05) is 26.9 Å². The number of hydrogen-bond donors (Lipinski definition) is 1. The summed E-state index contributed by atoms with van der Waals surface area (Å²) < 4.78 is 16.8. The highest BCUT2D eigenvalue weighted by Gasteiger charge is 2.31. The highest BCUT2D eigenvalue weighted by Crippen LogP contribution is 2.26. The first-order valence-corrected chi connectivity index (χ1v) is 7.47. The highest BCUT2D eigenvalue weighted by molar-refractivity contribution is 5.65. The van der Waals surface area contributed by atoms with E-state index in [1.54, 1.807) is 7.11 Å². The third-order valence-corrected chi connectivity index (χ3v) is 3.62. The summed E-state index contributed by atoms with van der Waals surface area (Å²) in [5, 5.41) is 9.17. The molecular weight excluding hydrogens is 286 g/mol. The summed E-state index contributed by atoms with van der Waals surface area (Å²) in [4.78, 5) is 12.5. The highest BCUT2D eigenvalue weighted by atomic mass is 16.5. The van der Waals surface area contributed by atoms with Crippen LogP contribution in [0.1, 0.15) is 18.1 Å². The first-order valence-electron chi connectivity index (χ1n) is 7.47. The van der Waals surface area contributed by atoms with E-state index in [4.69, 9.17) is 19.3 Å². The molecule has 0 spiro atoms. The summed E-state index contributed by atoms with van der Waals surface area (Å²) in [5.74, 6) is 0. The van der Waals surface area contributed by atoms with Gasteiger partial charge >= 0.3 is 6.09 Å². The summed E-state index contributed by atoms with van der Waals surface area (Å²) in [5.41, 5.74) is 0.997. The normalized spacial score (nSPS) is 19.9. The molecular formula is C16H23NO5. The van der Waals surface area contributed by atoms with Gasteiger partial charge in [-0.3, -0.25) is 0 Å². The Morgan fingerprint density at radius 1 is 1.41 bits per heavy atom. The quantitative estimate of drug-likeness (QED) is 0.782. The van der Waals surface area contributed by atoms with Gasteiger partial charge in [-0.05, 0) is 12.0 Å². The van der Waals surface area contributed by atoms with Crippen LogP contribution in [0.15, 0.2) is 30.3 Å². The second-order valence-corrected chi connectivity index (χ2v) is 5.19. The molecule has 0 aromatic heterocycles. The lowest BCUT2D eigenvalue weighted by Crippen LogP contribution is -2.47. The Morgan fingerprint density at radius 2 is 2.18 bits per heavy atom. The summed E-state index contributed by atoms with van der Waals surface area (Å²) in [6, 6.07) is 9.78. The molecule has 1 aromatic carbocycles. The fourth-order valence-corrected chi connectivity index (χ4v) is 2.51. The van der Waals surface area contributed by atoms with E-state index < -0.39 is 6.09 Å². The zero-order valence-corrected chi connectivity index (χ0v) is 12.8. The van der Waals surface area contributed by atoms with E-state index in [-0.39, 0.29) is 12.2 Å². The molecule has 1 N–H and O–H groups in total. The molecule has 0 bridgehead atoms. The Bertz CT molecular complexity index is 453. The van der Waals surface area contributed by atoms with Crippen molar-refractivity contribution in [1.82, 2.24) is 4.90 Å². The molecule has 6 nitrogen and oxygen atoms in total. The zero-order valence-electron chi connectivity index (χ0n) is 12.8. The zero-order chi connectivity index (χ0) is 15.8. The minimum absolute atomic E-state index is 0.278. The average molecular weight is 309 g/mol. The molecule has 1 aromatic rings. The van der Waals surface area contributed by atoms with Crippen LogP contribution in [0.5, 0.6) is 0 Å². The van der Waals surface area contributed by atoms with E-state index in [1.807, 2.05) is 30.3 Å². The molecule has 6 heteroatoms. The fraction of sp³-hybridized carbons (Fsp3) is 0.562. The molecule has 2 rings (SSSR count). The van der Waals surface area contributed by atoms with E-state index in [1.165, 1.54) is 4.90 Å². The lowest BCUT2D eigenvalue weighted by molar-refractivity contribution is -0.110. The van der Waals surface area contributed by atoms with Crippen LogP contribution >= 0.6 is 0 Å². The van der Waals surface area contributed by atoms with Crippen LogP contribution < -0.4 is 0 Å². The first-order chi connectivity index (χ1) is 10.7. The second-order valence-electron chi connectivity index (χ2n) is 5.19. The number of ether oxygens (including phenoxy) is 3. The van der Waals surface area contributed by atoms with E-state index >= 15 is 0 Å². The van der Waals surface area contributed by atoms with Crippen LogP contribution in [0, 0.1) is 0 Å². The van der Waals surface area contributed by atoms with Gasteiger partial charge in [0.25, 0.3) is 0 Å². The molecule has 0 radical (unpaired) electrons. The van der Waals surface area contributed by atoms with Gasteiger partial charge in [-0.2, -0.15) is 0 Å². The summed E-state index contributed by atoms with van der Waals surface area (Å²) >= 11 is 0. The van der Waals surface area contributed by atoms with Gasteiger partial charge in [0.1, 0.15) is 12.2 Å². The van der Waals surface area contributed by atoms with Crippen molar-refractivity contribution in [3.8, 4) is 0 Å². The topological polar surface area (TPSA) is 68.2 Å². The Balaban J connectivity index is 2.04. The van der Waals surface area contributed by atoms with Crippen LogP contribution in [-0.4, -0.2) is 62.2 Å². The van der Waals surface area contributed by atoms with Gasteiger partial charge in [-0.15, -0.1) is 0 Å². The Labute approximate surface area is 130 Å². The van der Waals surface area contributed by atoms with Gasteiger partial charge in [-0.1, -0.05) is 30.3 Å². The predicted molar refractivity (Wildman–Crippen MR) is 81.0 cm³/mol. The van der Waals surface area contributed by atoms with E-state index in [0.717, 1.165) is 12.0 Å². The van der Waals surface area contributed by atoms with E-state index in [0.29, 0.717) is 32.9 Å². The van der Waals surface area contributed by atoms with Gasteiger partial charge < -0.3 is 24.2 Å². The maximum absolute atomic E-state index is 11.2. The molecule has 1 fully saturated rings. The molecule has 0 saturated carbocycles. The number of morpholine rings is 1. The van der Waals surface area contributed by atoms with Crippen molar-refractivity contribution in [2.24, 2.45) is 0 Å². The number of carbonyl (C=O) groups is 1. The van der Waals surface area contributed by atoms with Gasteiger partial charge in [0.05, 0.1) is 13.2 Å². The monoisotopic (exact) mass is 309 g/mol. The number of benzene rings is 1. The number of amides is 1. The molecule has 1 saturated heterocycles. The summed E-state index contributed by atoms with van der Waals surface area (Å²) in [7, 11) is 1.66. The van der Waals surface area contributed by atoms with Crippen LogP contribution in [0.2, 0.25) is 0 Å². The van der Waals surface area contributed by atoms with Crippen molar-refractivity contribution in [3.63, 3.8) is 0 Å². The van der Waals surface area contributed by atoms with Crippen molar-refractivity contribution in [3.05, 3.63) is 35.9 Å². The third kappa shape index (κ3) is 4.69. The molecule has 2 atom stereocenters. The molecule has 1 heterocycles. The van der Waals surface area contributed by atoms with E-state index in [2.05, 4.69) is 0 Å². The van der Waals surface area contributed by atoms with Crippen LogP contribution in [0.4, 0.5) is 4.79 Å². The summed E-state index contributed by atoms with van der Waals surface area (Å²) in [6.45, 7) is 2.28. The van der Waals surface area contributed by atoms with Crippen LogP contribution in [0.25, 0.3) is 0 Å². The minimum atomic E-state index is -0.917. The van der Waals surface area contributed by atoms with Crippen LogP contribution in [-0.2, 0) is 14.2 Å². The maximum Gasteiger partial charge on any atom is 0.407 e. The van der Waals surface area contributed by atoms with Crippen molar-refractivity contribution < 1.29 is 24.1 Å². The summed E-state index contributed by atoms with van der Waals surface area (Å²) in [6.07, 6.45) is -0.704. The molecule has 2 unspecified atom stereocenters. The molecule has 1 aliphatic heterocycles. The van der Waals surface area contributed by atoms with Crippen molar-refractivity contribution in [2.75, 3.05) is 40.0 Å². The molecule has 1 amide bonds. The largest absolute Gasteiger partial charge is 0.465 e. The first kappa shape index (κ1) is 16.7. The standard InChI is InChI=1S/C16H23NO5/c1-20-9-5-10-22-15(13-6-3-2-4-7-13)14-12-17(16(18)19)8-11-21-14/h2-4,6-7,14-15H,5,8-12H2,1H3,(H,18,19). The number of carboxylic acid groups (broad SMARTS) is 1. The average Bonchev–Trinajstić information content (AvgIpc) is 2.56. The number of rotatable bonds is 7. The lowest BCUT2D eigenvalue weighted by atomic mass is 10.0. The van der Waals surface area contributed by atoms with Crippen molar-refractivity contribution >= 4 is 6.09 Å². The van der Waals surface area contributed by atoms with Crippen molar-refractivity contribution in [2.45, 2.75) is 18.6 Å². The Morgan fingerprint density at radius 3 is 2.86 bits per heavy atom. The van der Waals surface area contributed by atoms with E-state index in [9.17, 15) is 4.79 Å². The second kappa shape index (κ2) is 8.73. The fourth-order valence-electron chi connectivity index (χ4n) is 2.51. The SMILES string of the molecule is COCCCOC(c1ccccc1)C1CN(C(=O)O)CCO1. The van der Waals surface area contributed by atoms with Crippen molar-refractivity contribution in [1.29, 1.82) is 0 Å². The Kier molecular flexibility index (Phi) is 6.64. The number of methoxy groups -OCH3 is 1. The number of nitrogens with zero attached hydrogens (tertiary/aromatic N) is 1. The molecule has 1 aliphatic rings. The Hall–Kier alpha value is -1.63. The number of hydrogen-bond acceptors (Lipinski definition) is 4. The van der Waals surface area contributed by atoms with Gasteiger partial charge in [-0.25, -0.2) is 4.79 Å². The lowest BCUT2D eigenvalue weighted by Gasteiger charge is -2.35. The predicted octanol–water partition coefficient (Wildman–Crippen LogP) is 2.16. The third-order valence-electron chi connectivity index (χ3n) is 3.62. The minimum Gasteiger partial charge on any atom is -0.465 e. The molecule has 22 heavy (non-hydrogen) atoms. The van der Waals surface area contributed by atoms with Gasteiger partial charge in [0.15, 0.2) is 0 Å². The van der Waals surface area contributed by atoms with Gasteiger partial charge in [0.2, 0.25) is 0 Å². The van der Waals surface area contributed by atoms with Crippen LogP contribution in [0.3, 0.4) is 0 Å². The molecule has 0 aliphatic carbocycles.